The van der Waals surface area contributed by atoms with Crippen molar-refractivity contribution in [1.29, 1.82) is 0 Å². The van der Waals surface area contributed by atoms with Gasteiger partial charge >= 0.3 is 0 Å². The topological polar surface area (TPSA) is 74.8 Å². The quantitative estimate of drug-likeness (QED) is 0.442. The first kappa shape index (κ1) is 22.0. The lowest BCUT2D eigenvalue weighted by Gasteiger charge is -2.21. The van der Waals surface area contributed by atoms with Crippen molar-refractivity contribution < 1.29 is 9.53 Å². The Balaban J connectivity index is 2.37. The van der Waals surface area contributed by atoms with E-state index in [0.717, 1.165) is 31.7 Å². The molecule has 3 N–H and O–H groups in total. The summed E-state index contributed by atoms with van der Waals surface area (Å²) in [5.74, 6) is 0.980. The molecule has 6 heteroatoms. The molecule has 26 heavy (non-hydrogen) atoms. The van der Waals surface area contributed by atoms with Crippen LogP contribution < -0.4 is 16.0 Å². The van der Waals surface area contributed by atoms with Crippen LogP contribution in [-0.4, -0.2) is 44.7 Å². The molecule has 1 amide bonds. The zero-order valence-electron chi connectivity index (χ0n) is 16.8. The fraction of sp³-hybridized carbons (Fsp3) is 0.600. The van der Waals surface area contributed by atoms with Gasteiger partial charge < -0.3 is 20.7 Å². The summed E-state index contributed by atoms with van der Waals surface area (Å²) in [7, 11) is 1.69. The van der Waals surface area contributed by atoms with Crippen molar-refractivity contribution in [3.63, 3.8) is 0 Å². The van der Waals surface area contributed by atoms with Crippen LogP contribution in [0.2, 0.25) is 0 Å². The van der Waals surface area contributed by atoms with Crippen LogP contribution in [0.3, 0.4) is 0 Å². The van der Waals surface area contributed by atoms with E-state index >= 15 is 0 Å². The molecule has 0 aromatic heterocycles. The van der Waals surface area contributed by atoms with Crippen LogP contribution in [-0.2, 0) is 16.0 Å². The second-order valence-corrected chi connectivity index (χ2v) is 6.48. The highest BCUT2D eigenvalue weighted by molar-refractivity contribution is 5.95. The number of rotatable bonds is 10. The van der Waals surface area contributed by atoms with Crippen molar-refractivity contribution in [2.45, 2.75) is 46.6 Å². The number of hydrogen-bond donors (Lipinski definition) is 3. The summed E-state index contributed by atoms with van der Waals surface area (Å²) in [6.45, 7) is 10.0. The molecule has 1 atom stereocenters. The maximum atomic E-state index is 12.1. The summed E-state index contributed by atoms with van der Waals surface area (Å²) in [5, 5.41) is 9.17. The molecule has 1 unspecified atom stereocenters. The van der Waals surface area contributed by atoms with Crippen molar-refractivity contribution in [1.82, 2.24) is 10.6 Å². The standard InChI is InChI=1S/C20H34N4O2/c1-6-16-9-8-10-17(13-16)24-19(25)14-23-20(21-5)22-12-11-18(15(3)4)26-7-2/h8-10,13,15,18H,6-7,11-12,14H2,1-5H3,(H,24,25)(H2,21,22,23). The monoisotopic (exact) mass is 362 g/mol. The first-order chi connectivity index (χ1) is 12.5. The molecule has 1 aromatic rings. The molecule has 0 radical (unpaired) electrons. The van der Waals surface area contributed by atoms with Gasteiger partial charge in [-0.05, 0) is 43.4 Å². The molecule has 0 saturated carbocycles. The maximum Gasteiger partial charge on any atom is 0.243 e. The largest absolute Gasteiger partial charge is 0.378 e. The number of hydrogen-bond acceptors (Lipinski definition) is 3. The van der Waals surface area contributed by atoms with E-state index < -0.39 is 0 Å². The SMILES string of the molecule is CCOC(CCNC(=NC)NCC(=O)Nc1cccc(CC)c1)C(C)C. The fourth-order valence-electron chi connectivity index (χ4n) is 2.61. The lowest BCUT2D eigenvalue weighted by Crippen LogP contribution is -2.42. The number of aryl methyl sites for hydroxylation is 1. The lowest BCUT2D eigenvalue weighted by atomic mass is 10.0. The van der Waals surface area contributed by atoms with E-state index in [0.29, 0.717) is 11.9 Å². The Morgan fingerprint density at radius 2 is 2.00 bits per heavy atom. The summed E-state index contributed by atoms with van der Waals surface area (Å²) >= 11 is 0. The van der Waals surface area contributed by atoms with E-state index in [4.69, 9.17) is 4.74 Å². The van der Waals surface area contributed by atoms with Gasteiger partial charge in [0, 0.05) is 25.9 Å². The Hall–Kier alpha value is -2.08. The van der Waals surface area contributed by atoms with Crippen LogP contribution in [0.25, 0.3) is 0 Å². The van der Waals surface area contributed by atoms with Crippen LogP contribution in [0.4, 0.5) is 5.69 Å². The number of carbonyl (C=O) groups excluding carboxylic acids is 1. The molecule has 0 saturated heterocycles. The Morgan fingerprint density at radius 3 is 2.62 bits per heavy atom. The van der Waals surface area contributed by atoms with E-state index in [2.05, 4.69) is 41.7 Å². The molecule has 0 heterocycles. The minimum atomic E-state index is -0.101. The molecule has 0 aliphatic carbocycles. The van der Waals surface area contributed by atoms with Gasteiger partial charge in [-0.15, -0.1) is 0 Å². The number of guanidine groups is 1. The molecule has 1 rings (SSSR count). The van der Waals surface area contributed by atoms with Crippen LogP contribution in [0.15, 0.2) is 29.3 Å². The average molecular weight is 363 g/mol. The molecule has 0 fully saturated rings. The minimum absolute atomic E-state index is 0.101. The van der Waals surface area contributed by atoms with Gasteiger partial charge in [-0.25, -0.2) is 0 Å². The smallest absolute Gasteiger partial charge is 0.243 e. The van der Waals surface area contributed by atoms with E-state index in [-0.39, 0.29) is 18.6 Å². The third-order valence-corrected chi connectivity index (χ3v) is 4.10. The Kier molecular flexibility index (Phi) is 10.4. The van der Waals surface area contributed by atoms with Crippen molar-refractivity contribution in [3.05, 3.63) is 29.8 Å². The van der Waals surface area contributed by atoms with Gasteiger partial charge in [-0.2, -0.15) is 0 Å². The highest BCUT2D eigenvalue weighted by Crippen LogP contribution is 2.11. The number of anilines is 1. The summed E-state index contributed by atoms with van der Waals surface area (Å²) in [5.41, 5.74) is 2.01. The third kappa shape index (κ3) is 8.34. The Morgan fingerprint density at radius 1 is 1.23 bits per heavy atom. The minimum Gasteiger partial charge on any atom is -0.378 e. The number of benzene rings is 1. The summed E-state index contributed by atoms with van der Waals surface area (Å²) < 4.78 is 5.74. The number of ether oxygens (including phenoxy) is 1. The molecule has 0 bridgehead atoms. The molecule has 1 aromatic carbocycles. The highest BCUT2D eigenvalue weighted by atomic mass is 16.5. The van der Waals surface area contributed by atoms with Gasteiger partial charge in [0.2, 0.25) is 5.91 Å². The van der Waals surface area contributed by atoms with Gasteiger partial charge in [0.05, 0.1) is 12.6 Å². The number of nitrogens with zero attached hydrogens (tertiary/aromatic N) is 1. The molecule has 0 aliphatic rings. The van der Waals surface area contributed by atoms with Crippen molar-refractivity contribution in [2.24, 2.45) is 10.9 Å². The van der Waals surface area contributed by atoms with Gasteiger partial charge in [0.25, 0.3) is 0 Å². The lowest BCUT2D eigenvalue weighted by molar-refractivity contribution is -0.115. The Bertz CT molecular complexity index is 573. The van der Waals surface area contributed by atoms with Gasteiger partial charge in [0.15, 0.2) is 5.96 Å². The van der Waals surface area contributed by atoms with E-state index in [1.54, 1.807) is 7.05 Å². The van der Waals surface area contributed by atoms with Crippen LogP contribution in [0, 0.1) is 5.92 Å². The Labute approximate surface area is 157 Å². The van der Waals surface area contributed by atoms with Crippen molar-refractivity contribution >= 4 is 17.6 Å². The second kappa shape index (κ2) is 12.3. The molecule has 6 nitrogen and oxygen atoms in total. The van der Waals surface area contributed by atoms with Crippen LogP contribution >= 0.6 is 0 Å². The van der Waals surface area contributed by atoms with E-state index in [1.807, 2.05) is 31.2 Å². The van der Waals surface area contributed by atoms with E-state index in [1.165, 1.54) is 5.56 Å². The van der Waals surface area contributed by atoms with Crippen molar-refractivity contribution in [2.75, 3.05) is 32.1 Å². The third-order valence-electron chi connectivity index (χ3n) is 4.10. The first-order valence-corrected chi connectivity index (χ1v) is 9.45. The predicted octanol–water partition coefficient (Wildman–Crippen LogP) is 2.80. The zero-order chi connectivity index (χ0) is 19.4. The predicted molar refractivity (Wildman–Crippen MR) is 109 cm³/mol. The molecular formula is C20H34N4O2. The zero-order valence-corrected chi connectivity index (χ0v) is 16.8. The number of aliphatic imine (C=N–C) groups is 1. The molecular weight excluding hydrogens is 328 g/mol. The molecule has 0 spiro atoms. The number of amides is 1. The fourth-order valence-corrected chi connectivity index (χ4v) is 2.61. The number of nitrogens with one attached hydrogen (secondary N) is 3. The van der Waals surface area contributed by atoms with Crippen LogP contribution in [0.5, 0.6) is 0 Å². The summed E-state index contributed by atoms with van der Waals surface area (Å²) in [4.78, 5) is 16.3. The highest BCUT2D eigenvalue weighted by Gasteiger charge is 2.13. The first-order valence-electron chi connectivity index (χ1n) is 9.45. The average Bonchev–Trinajstić information content (AvgIpc) is 2.63. The normalized spacial score (nSPS) is 12.8. The van der Waals surface area contributed by atoms with Gasteiger partial charge in [-0.1, -0.05) is 32.9 Å². The maximum absolute atomic E-state index is 12.1. The number of carbonyl (C=O) groups is 1. The van der Waals surface area contributed by atoms with E-state index in [9.17, 15) is 4.79 Å². The van der Waals surface area contributed by atoms with Gasteiger partial charge in [0.1, 0.15) is 0 Å². The van der Waals surface area contributed by atoms with Crippen LogP contribution in [0.1, 0.15) is 39.7 Å². The summed E-state index contributed by atoms with van der Waals surface area (Å²) in [6, 6.07) is 7.88. The second-order valence-electron chi connectivity index (χ2n) is 6.48. The van der Waals surface area contributed by atoms with Gasteiger partial charge in [-0.3, -0.25) is 9.79 Å². The molecule has 0 aliphatic heterocycles. The molecule has 146 valence electrons. The summed E-state index contributed by atoms with van der Waals surface area (Å²) in [6.07, 6.45) is 2.06. The van der Waals surface area contributed by atoms with Crippen molar-refractivity contribution in [3.8, 4) is 0 Å².